The summed E-state index contributed by atoms with van der Waals surface area (Å²) >= 11 is 6.10. The number of benzene rings is 1. The summed E-state index contributed by atoms with van der Waals surface area (Å²) < 4.78 is 6.84. The number of anilines is 1. The van der Waals surface area contributed by atoms with Crippen molar-refractivity contribution in [2.24, 2.45) is 0 Å². The molecule has 112 valence electrons. The first-order valence-electron chi connectivity index (χ1n) is 6.91. The molecule has 1 N–H and O–H groups in total. The van der Waals surface area contributed by atoms with Gasteiger partial charge in [0, 0.05) is 25.4 Å². The molecular formula is C16H19ClN2O2. The van der Waals surface area contributed by atoms with Gasteiger partial charge < -0.3 is 14.6 Å². The molecule has 5 heteroatoms. The largest absolute Gasteiger partial charge is 0.495 e. The predicted octanol–water partition coefficient (Wildman–Crippen LogP) is 3.53. The molecule has 1 aromatic carbocycles. The van der Waals surface area contributed by atoms with E-state index in [1.165, 1.54) is 0 Å². The number of aromatic nitrogens is 1. The summed E-state index contributed by atoms with van der Waals surface area (Å²) in [5.74, 6) is 0.664. The fraction of sp³-hybridized carbons (Fsp3) is 0.312. The van der Waals surface area contributed by atoms with Crippen LogP contribution >= 0.6 is 11.6 Å². The fourth-order valence-corrected chi connectivity index (χ4v) is 2.36. The standard InChI is InChI=1S/C16H19ClN2O2/c1-3-8-19-11-13(5-7-16(19)20)18-10-12-4-6-15(21-2)14(17)9-12/h4-7,9,11,18H,3,8,10H2,1-2H3. The first-order valence-corrected chi connectivity index (χ1v) is 7.28. The molecule has 21 heavy (non-hydrogen) atoms. The van der Waals surface area contributed by atoms with Crippen LogP contribution in [0.3, 0.4) is 0 Å². The molecule has 2 aromatic rings. The average Bonchev–Trinajstić information content (AvgIpc) is 2.48. The minimum Gasteiger partial charge on any atom is -0.495 e. The van der Waals surface area contributed by atoms with Crippen molar-refractivity contribution in [1.82, 2.24) is 4.57 Å². The van der Waals surface area contributed by atoms with Crippen molar-refractivity contribution in [1.29, 1.82) is 0 Å². The molecule has 0 fully saturated rings. The minimum atomic E-state index is 0.0230. The van der Waals surface area contributed by atoms with Crippen LogP contribution in [0, 0.1) is 0 Å². The van der Waals surface area contributed by atoms with E-state index in [1.807, 2.05) is 31.3 Å². The van der Waals surface area contributed by atoms with E-state index < -0.39 is 0 Å². The fourth-order valence-electron chi connectivity index (χ4n) is 2.08. The maximum atomic E-state index is 11.7. The van der Waals surface area contributed by atoms with E-state index in [9.17, 15) is 4.79 Å². The lowest BCUT2D eigenvalue weighted by molar-refractivity contribution is 0.415. The zero-order valence-electron chi connectivity index (χ0n) is 12.2. The molecular weight excluding hydrogens is 288 g/mol. The summed E-state index contributed by atoms with van der Waals surface area (Å²) in [5, 5.41) is 3.88. The summed E-state index contributed by atoms with van der Waals surface area (Å²) in [4.78, 5) is 11.7. The van der Waals surface area contributed by atoms with E-state index in [2.05, 4.69) is 5.32 Å². The highest BCUT2D eigenvalue weighted by Gasteiger charge is 2.02. The van der Waals surface area contributed by atoms with Crippen molar-refractivity contribution in [3.8, 4) is 5.75 Å². The Hall–Kier alpha value is -1.94. The van der Waals surface area contributed by atoms with Gasteiger partial charge in [0.1, 0.15) is 5.75 Å². The number of ether oxygens (including phenoxy) is 1. The number of nitrogens with zero attached hydrogens (tertiary/aromatic N) is 1. The van der Waals surface area contributed by atoms with Gasteiger partial charge in [-0.1, -0.05) is 24.6 Å². The summed E-state index contributed by atoms with van der Waals surface area (Å²) in [6, 6.07) is 9.05. The predicted molar refractivity (Wildman–Crippen MR) is 86.3 cm³/mol. The highest BCUT2D eigenvalue weighted by atomic mass is 35.5. The van der Waals surface area contributed by atoms with Gasteiger partial charge in [0.15, 0.2) is 0 Å². The Bertz CT molecular complexity index is 668. The van der Waals surface area contributed by atoms with Crippen molar-refractivity contribution >= 4 is 17.3 Å². The van der Waals surface area contributed by atoms with Gasteiger partial charge in [0.25, 0.3) is 5.56 Å². The molecule has 0 amide bonds. The summed E-state index contributed by atoms with van der Waals surface area (Å²) in [7, 11) is 1.59. The highest BCUT2D eigenvalue weighted by Crippen LogP contribution is 2.25. The number of hydrogen-bond acceptors (Lipinski definition) is 3. The second-order valence-electron chi connectivity index (χ2n) is 4.77. The van der Waals surface area contributed by atoms with Crippen molar-refractivity contribution in [2.75, 3.05) is 12.4 Å². The maximum absolute atomic E-state index is 11.7. The second-order valence-corrected chi connectivity index (χ2v) is 5.18. The second kappa shape index (κ2) is 7.18. The van der Waals surface area contributed by atoms with E-state index in [4.69, 9.17) is 16.3 Å². The van der Waals surface area contributed by atoms with Crippen LogP contribution in [-0.4, -0.2) is 11.7 Å². The Kier molecular flexibility index (Phi) is 5.28. The summed E-state index contributed by atoms with van der Waals surface area (Å²) in [6.07, 6.45) is 2.77. The first-order chi connectivity index (χ1) is 10.1. The van der Waals surface area contributed by atoms with Crippen LogP contribution in [0.1, 0.15) is 18.9 Å². The molecule has 0 saturated heterocycles. The Morgan fingerprint density at radius 2 is 2.10 bits per heavy atom. The molecule has 0 aliphatic rings. The summed E-state index contributed by atoms with van der Waals surface area (Å²) in [5.41, 5.74) is 1.99. The lowest BCUT2D eigenvalue weighted by atomic mass is 10.2. The van der Waals surface area contributed by atoms with Crippen LogP contribution in [0.4, 0.5) is 5.69 Å². The normalized spacial score (nSPS) is 10.4. The summed E-state index contributed by atoms with van der Waals surface area (Å²) in [6.45, 7) is 3.41. The molecule has 1 aromatic heterocycles. The number of pyridine rings is 1. The number of nitrogens with one attached hydrogen (secondary N) is 1. The monoisotopic (exact) mass is 306 g/mol. The van der Waals surface area contributed by atoms with Crippen molar-refractivity contribution < 1.29 is 4.74 Å². The van der Waals surface area contributed by atoms with Crippen LogP contribution in [0.5, 0.6) is 5.75 Å². The third-order valence-electron chi connectivity index (χ3n) is 3.16. The van der Waals surface area contributed by atoms with Crippen molar-refractivity contribution in [2.45, 2.75) is 26.4 Å². The molecule has 2 rings (SSSR count). The molecule has 0 unspecified atom stereocenters. The van der Waals surface area contributed by atoms with Crippen LogP contribution < -0.4 is 15.6 Å². The lowest BCUT2D eigenvalue weighted by Gasteiger charge is -2.11. The van der Waals surface area contributed by atoms with Gasteiger partial charge in [0.05, 0.1) is 17.8 Å². The molecule has 0 bridgehead atoms. The van der Waals surface area contributed by atoms with E-state index in [0.717, 1.165) is 24.2 Å². The smallest absolute Gasteiger partial charge is 0.250 e. The molecule has 4 nitrogen and oxygen atoms in total. The Morgan fingerprint density at radius 1 is 1.29 bits per heavy atom. The number of aryl methyl sites for hydroxylation is 1. The third kappa shape index (κ3) is 4.02. The highest BCUT2D eigenvalue weighted by molar-refractivity contribution is 6.32. The number of methoxy groups -OCH3 is 1. The molecule has 0 aliphatic carbocycles. The lowest BCUT2D eigenvalue weighted by Crippen LogP contribution is -2.18. The number of hydrogen-bond donors (Lipinski definition) is 1. The molecule has 0 saturated carbocycles. The minimum absolute atomic E-state index is 0.0230. The zero-order chi connectivity index (χ0) is 15.2. The first kappa shape index (κ1) is 15.4. The Morgan fingerprint density at radius 3 is 2.76 bits per heavy atom. The van der Waals surface area contributed by atoms with Gasteiger partial charge in [0.2, 0.25) is 0 Å². The maximum Gasteiger partial charge on any atom is 0.250 e. The zero-order valence-corrected chi connectivity index (χ0v) is 13.0. The third-order valence-corrected chi connectivity index (χ3v) is 3.46. The molecule has 0 atom stereocenters. The van der Waals surface area contributed by atoms with E-state index >= 15 is 0 Å². The molecule has 1 heterocycles. The van der Waals surface area contributed by atoms with E-state index in [-0.39, 0.29) is 5.56 Å². The van der Waals surface area contributed by atoms with E-state index in [0.29, 0.717) is 17.3 Å². The van der Waals surface area contributed by atoms with Gasteiger partial charge in [-0.25, -0.2) is 0 Å². The van der Waals surface area contributed by atoms with Crippen LogP contribution in [0.25, 0.3) is 0 Å². The van der Waals surface area contributed by atoms with Crippen molar-refractivity contribution in [3.05, 3.63) is 57.5 Å². The molecule has 0 aliphatic heterocycles. The van der Waals surface area contributed by atoms with Crippen LogP contribution in [0.2, 0.25) is 5.02 Å². The Labute approximate surface area is 129 Å². The van der Waals surface area contributed by atoms with Crippen molar-refractivity contribution in [3.63, 3.8) is 0 Å². The quantitative estimate of drug-likeness (QED) is 0.888. The van der Waals surface area contributed by atoms with Crippen LogP contribution in [0.15, 0.2) is 41.3 Å². The van der Waals surface area contributed by atoms with Gasteiger partial charge in [-0.3, -0.25) is 4.79 Å². The number of rotatable bonds is 6. The van der Waals surface area contributed by atoms with Gasteiger partial charge in [-0.15, -0.1) is 0 Å². The average molecular weight is 307 g/mol. The number of halogens is 1. The van der Waals surface area contributed by atoms with Gasteiger partial charge in [-0.2, -0.15) is 0 Å². The van der Waals surface area contributed by atoms with Crippen LogP contribution in [-0.2, 0) is 13.1 Å². The Balaban J connectivity index is 2.07. The molecule has 0 spiro atoms. The SMILES string of the molecule is CCCn1cc(NCc2ccc(OC)c(Cl)c2)ccc1=O. The van der Waals surface area contributed by atoms with Gasteiger partial charge >= 0.3 is 0 Å². The van der Waals surface area contributed by atoms with Gasteiger partial charge in [-0.05, 0) is 30.2 Å². The topological polar surface area (TPSA) is 43.3 Å². The van der Waals surface area contributed by atoms with E-state index in [1.54, 1.807) is 23.8 Å². The molecule has 0 radical (unpaired) electrons.